The predicted octanol–water partition coefficient (Wildman–Crippen LogP) is 2.08. The summed E-state index contributed by atoms with van der Waals surface area (Å²) >= 11 is 0. The number of nitrogens with one attached hydrogen (secondary N) is 2. The zero-order valence-electron chi connectivity index (χ0n) is 13.8. The third-order valence-corrected chi connectivity index (χ3v) is 3.36. The molecule has 0 spiro atoms. The number of carbonyl (C=O) groups excluding carboxylic acids is 1. The Bertz CT molecular complexity index is 651. The molecule has 3 N–H and O–H groups in total. The molecule has 0 radical (unpaired) electrons. The Morgan fingerprint density at radius 1 is 1.39 bits per heavy atom. The van der Waals surface area contributed by atoms with Crippen LogP contribution < -0.4 is 10.1 Å². The lowest BCUT2D eigenvalue weighted by Gasteiger charge is -2.15. The Morgan fingerprint density at radius 2 is 2.17 bits per heavy atom. The van der Waals surface area contributed by atoms with E-state index >= 15 is 0 Å². The quantitative estimate of drug-likeness (QED) is 0.649. The van der Waals surface area contributed by atoms with E-state index in [1.54, 1.807) is 19.2 Å². The minimum Gasteiger partial charge on any atom is -0.490 e. The molecule has 2 rings (SSSR count). The zero-order chi connectivity index (χ0) is 16.8. The Balaban J connectivity index is 2.14. The first-order valence-corrected chi connectivity index (χ1v) is 7.84. The van der Waals surface area contributed by atoms with Crippen molar-refractivity contribution in [1.29, 1.82) is 0 Å². The first kappa shape index (κ1) is 17.3. The monoisotopic (exact) mass is 320 g/mol. The van der Waals surface area contributed by atoms with Crippen LogP contribution in [-0.4, -0.2) is 48.0 Å². The van der Waals surface area contributed by atoms with E-state index in [2.05, 4.69) is 10.3 Å². The van der Waals surface area contributed by atoms with Crippen LogP contribution in [-0.2, 0) is 4.74 Å². The normalized spacial score (nSPS) is 12.6. The van der Waals surface area contributed by atoms with Gasteiger partial charge in [0, 0.05) is 18.8 Å². The first-order chi connectivity index (χ1) is 11.0. The summed E-state index contributed by atoms with van der Waals surface area (Å²) in [5.41, 5.74) is 1.23. The fourth-order valence-corrected chi connectivity index (χ4v) is 2.26. The molecule has 0 amide bonds. The second kappa shape index (κ2) is 7.99. The number of hydrogen-bond donors (Lipinski definition) is 3. The van der Waals surface area contributed by atoms with Gasteiger partial charge in [0.25, 0.3) is 0 Å². The van der Waals surface area contributed by atoms with Crippen molar-refractivity contribution < 1.29 is 19.4 Å². The van der Waals surface area contributed by atoms with Gasteiger partial charge in [-0.2, -0.15) is 0 Å². The summed E-state index contributed by atoms with van der Waals surface area (Å²) in [5.74, 6) is 0.159. The number of aromatic amines is 1. The Labute approximate surface area is 135 Å². The molecule has 1 aromatic heterocycles. The molecular weight excluding hydrogens is 296 g/mol. The van der Waals surface area contributed by atoms with Crippen molar-refractivity contribution in [1.82, 2.24) is 10.3 Å². The predicted molar refractivity (Wildman–Crippen MR) is 88.9 cm³/mol. The molecular formula is C17H24N2O4. The summed E-state index contributed by atoms with van der Waals surface area (Å²) in [7, 11) is 0. The number of fused-ring (bicyclic) bond motifs is 1. The molecule has 2 aromatic rings. The summed E-state index contributed by atoms with van der Waals surface area (Å²) in [5, 5.41) is 13.8. The summed E-state index contributed by atoms with van der Waals surface area (Å²) in [6.07, 6.45) is 0.990. The van der Waals surface area contributed by atoms with Crippen molar-refractivity contribution >= 4 is 16.9 Å². The number of carbonyl (C=O) groups is 1. The average Bonchev–Trinajstić information content (AvgIpc) is 2.95. The van der Waals surface area contributed by atoms with Crippen LogP contribution in [0.4, 0.5) is 0 Å². The van der Waals surface area contributed by atoms with Gasteiger partial charge in [0.2, 0.25) is 0 Å². The minimum atomic E-state index is -0.627. The molecule has 0 saturated carbocycles. The Hall–Kier alpha value is -2.05. The molecule has 0 aliphatic carbocycles. The molecule has 1 atom stereocenters. The van der Waals surface area contributed by atoms with Gasteiger partial charge in [0.05, 0.1) is 23.1 Å². The lowest BCUT2D eigenvalue weighted by molar-refractivity contribution is 0.0528. The van der Waals surface area contributed by atoms with Crippen LogP contribution in [0.3, 0.4) is 0 Å². The molecule has 126 valence electrons. The average molecular weight is 320 g/mol. The van der Waals surface area contributed by atoms with Crippen molar-refractivity contribution in [3.05, 3.63) is 30.0 Å². The molecule has 1 aromatic carbocycles. The molecule has 0 aliphatic heterocycles. The van der Waals surface area contributed by atoms with Crippen molar-refractivity contribution in [2.75, 3.05) is 19.8 Å². The number of hydrogen-bond acceptors (Lipinski definition) is 5. The summed E-state index contributed by atoms with van der Waals surface area (Å²) in [6.45, 7) is 6.70. The largest absolute Gasteiger partial charge is 0.490 e. The van der Waals surface area contributed by atoms with Crippen molar-refractivity contribution in [3.63, 3.8) is 0 Å². The van der Waals surface area contributed by atoms with Crippen LogP contribution in [0.25, 0.3) is 10.9 Å². The van der Waals surface area contributed by atoms with Gasteiger partial charge in [0.1, 0.15) is 18.5 Å². The van der Waals surface area contributed by atoms with Gasteiger partial charge in [-0.25, -0.2) is 4.79 Å². The standard InChI is InChI=1S/C17H24N2O4/c1-4-22-17(21)13-9-19-14-6-5-7-15(16(13)14)23-10-12(20)8-18-11(2)3/h5-7,9,11-12,18-20H,4,8,10H2,1-3H3. The topological polar surface area (TPSA) is 83.6 Å². The maximum absolute atomic E-state index is 12.0. The van der Waals surface area contributed by atoms with Crippen molar-refractivity contribution in [2.24, 2.45) is 0 Å². The van der Waals surface area contributed by atoms with E-state index < -0.39 is 12.1 Å². The third kappa shape index (κ3) is 4.46. The second-order valence-corrected chi connectivity index (χ2v) is 5.63. The number of rotatable bonds is 8. The van der Waals surface area contributed by atoms with Crippen LogP contribution in [0.2, 0.25) is 0 Å². The van der Waals surface area contributed by atoms with E-state index in [-0.39, 0.29) is 6.61 Å². The van der Waals surface area contributed by atoms with E-state index in [1.165, 1.54) is 0 Å². The molecule has 23 heavy (non-hydrogen) atoms. The number of H-pyrrole nitrogens is 1. The highest BCUT2D eigenvalue weighted by Crippen LogP contribution is 2.29. The fraction of sp³-hybridized carbons (Fsp3) is 0.471. The molecule has 0 bridgehead atoms. The molecule has 1 heterocycles. The summed E-state index contributed by atoms with van der Waals surface area (Å²) in [4.78, 5) is 15.1. The van der Waals surface area contributed by atoms with Gasteiger partial charge in [0.15, 0.2) is 0 Å². The minimum absolute atomic E-state index is 0.145. The van der Waals surface area contributed by atoms with Crippen molar-refractivity contribution in [2.45, 2.75) is 32.9 Å². The van der Waals surface area contributed by atoms with Gasteiger partial charge in [-0.05, 0) is 19.1 Å². The maximum atomic E-state index is 12.0. The van der Waals surface area contributed by atoms with Crippen LogP contribution in [0, 0.1) is 0 Å². The molecule has 0 saturated heterocycles. The molecule has 1 unspecified atom stereocenters. The summed E-state index contributed by atoms with van der Waals surface area (Å²) < 4.78 is 10.8. The van der Waals surface area contributed by atoms with Crippen LogP contribution in [0.1, 0.15) is 31.1 Å². The van der Waals surface area contributed by atoms with E-state index in [0.717, 1.165) is 5.52 Å². The van der Waals surface area contributed by atoms with E-state index in [1.807, 2.05) is 26.0 Å². The number of benzene rings is 1. The zero-order valence-corrected chi connectivity index (χ0v) is 13.8. The van der Waals surface area contributed by atoms with Crippen LogP contribution >= 0.6 is 0 Å². The Kier molecular flexibility index (Phi) is 6.01. The van der Waals surface area contributed by atoms with Crippen LogP contribution in [0.15, 0.2) is 24.4 Å². The highest BCUT2D eigenvalue weighted by molar-refractivity contribution is 6.06. The van der Waals surface area contributed by atoms with E-state index in [0.29, 0.717) is 35.9 Å². The van der Waals surface area contributed by atoms with Gasteiger partial charge in [-0.3, -0.25) is 0 Å². The second-order valence-electron chi connectivity index (χ2n) is 5.63. The maximum Gasteiger partial charge on any atom is 0.340 e. The summed E-state index contributed by atoms with van der Waals surface area (Å²) in [6, 6.07) is 5.78. The highest BCUT2D eigenvalue weighted by atomic mass is 16.5. The number of esters is 1. The number of ether oxygens (including phenoxy) is 2. The Morgan fingerprint density at radius 3 is 2.87 bits per heavy atom. The number of aromatic nitrogens is 1. The SMILES string of the molecule is CCOC(=O)c1c[nH]c2cccc(OCC(O)CNC(C)C)c12. The van der Waals surface area contributed by atoms with Crippen LogP contribution in [0.5, 0.6) is 5.75 Å². The van der Waals surface area contributed by atoms with Crippen molar-refractivity contribution in [3.8, 4) is 5.75 Å². The van der Waals surface area contributed by atoms with E-state index in [9.17, 15) is 9.90 Å². The lowest BCUT2D eigenvalue weighted by atomic mass is 10.1. The smallest absolute Gasteiger partial charge is 0.340 e. The van der Waals surface area contributed by atoms with Gasteiger partial charge >= 0.3 is 5.97 Å². The number of aliphatic hydroxyl groups excluding tert-OH is 1. The number of aliphatic hydroxyl groups is 1. The van der Waals surface area contributed by atoms with Gasteiger partial charge in [-0.1, -0.05) is 19.9 Å². The molecule has 6 nitrogen and oxygen atoms in total. The fourth-order valence-electron chi connectivity index (χ4n) is 2.26. The molecule has 0 aliphatic rings. The first-order valence-electron chi connectivity index (χ1n) is 7.84. The third-order valence-electron chi connectivity index (χ3n) is 3.36. The highest BCUT2D eigenvalue weighted by Gasteiger charge is 2.17. The van der Waals surface area contributed by atoms with E-state index in [4.69, 9.17) is 9.47 Å². The van der Waals surface area contributed by atoms with Gasteiger partial charge in [-0.15, -0.1) is 0 Å². The lowest BCUT2D eigenvalue weighted by Crippen LogP contribution is -2.35. The molecule has 0 fully saturated rings. The molecule has 6 heteroatoms. The van der Waals surface area contributed by atoms with Gasteiger partial charge < -0.3 is 24.9 Å².